The lowest BCUT2D eigenvalue weighted by molar-refractivity contribution is 0.641. The normalized spacial score (nSPS) is 10.8. The van der Waals surface area contributed by atoms with Crippen molar-refractivity contribution in [1.29, 1.82) is 0 Å². The van der Waals surface area contributed by atoms with Gasteiger partial charge in [-0.15, -0.1) is 5.10 Å². The topological polar surface area (TPSA) is 42.7 Å². The van der Waals surface area contributed by atoms with Gasteiger partial charge in [0.15, 0.2) is 0 Å². The fraction of sp³-hybridized carbons (Fsp3) is 0.333. The van der Waals surface area contributed by atoms with E-state index in [4.69, 9.17) is 11.6 Å². The Bertz CT molecular complexity index is 527. The van der Waals surface area contributed by atoms with Crippen molar-refractivity contribution in [3.05, 3.63) is 39.6 Å². The lowest BCUT2D eigenvalue weighted by Crippen LogP contribution is -2.16. The van der Waals surface area contributed by atoms with E-state index in [1.807, 2.05) is 18.2 Å². The highest BCUT2D eigenvalue weighted by molar-refractivity contribution is 9.10. The Labute approximate surface area is 119 Å². The Kier molecular flexibility index (Phi) is 4.74. The third kappa shape index (κ3) is 3.10. The summed E-state index contributed by atoms with van der Waals surface area (Å²) in [5.41, 5.74) is 1.93. The van der Waals surface area contributed by atoms with Gasteiger partial charge in [-0.1, -0.05) is 23.7 Å². The van der Waals surface area contributed by atoms with Crippen LogP contribution >= 0.6 is 27.5 Å². The van der Waals surface area contributed by atoms with E-state index in [1.54, 1.807) is 10.9 Å². The second-order valence-electron chi connectivity index (χ2n) is 3.91. The standard InChI is InChI=1S/C12H14BrClN4/c1-2-5-15-7-10-8-16-17-18(10)9-3-4-11(13)12(14)6-9/h3-4,6,8,15H,2,5,7H2,1H3. The lowest BCUT2D eigenvalue weighted by atomic mass is 10.3. The molecule has 0 aliphatic carbocycles. The molecule has 1 aromatic carbocycles. The lowest BCUT2D eigenvalue weighted by Gasteiger charge is -2.08. The van der Waals surface area contributed by atoms with Crippen LogP contribution in [-0.2, 0) is 6.54 Å². The maximum absolute atomic E-state index is 6.09. The van der Waals surface area contributed by atoms with E-state index in [0.29, 0.717) is 5.02 Å². The molecule has 0 unspecified atom stereocenters. The summed E-state index contributed by atoms with van der Waals surface area (Å²) in [6, 6.07) is 5.72. The molecule has 2 rings (SSSR count). The zero-order valence-corrected chi connectivity index (χ0v) is 12.4. The van der Waals surface area contributed by atoms with Crippen molar-refractivity contribution in [2.24, 2.45) is 0 Å². The van der Waals surface area contributed by atoms with Crippen LogP contribution in [0, 0.1) is 0 Å². The number of hydrogen-bond donors (Lipinski definition) is 1. The molecule has 0 radical (unpaired) electrons. The van der Waals surface area contributed by atoms with Gasteiger partial charge in [0.1, 0.15) is 0 Å². The predicted octanol–water partition coefficient (Wildman–Crippen LogP) is 3.18. The summed E-state index contributed by atoms with van der Waals surface area (Å²) in [4.78, 5) is 0. The third-order valence-electron chi connectivity index (χ3n) is 2.50. The molecule has 0 saturated carbocycles. The van der Waals surface area contributed by atoms with E-state index in [-0.39, 0.29) is 0 Å². The quantitative estimate of drug-likeness (QED) is 0.857. The SMILES string of the molecule is CCCNCc1cnnn1-c1ccc(Br)c(Cl)c1. The largest absolute Gasteiger partial charge is 0.311 e. The van der Waals surface area contributed by atoms with Gasteiger partial charge in [-0.3, -0.25) is 0 Å². The first-order valence-corrected chi connectivity index (χ1v) is 6.95. The molecule has 6 heteroatoms. The van der Waals surface area contributed by atoms with Crippen LogP contribution in [0.1, 0.15) is 19.0 Å². The minimum Gasteiger partial charge on any atom is -0.311 e. The molecule has 0 saturated heterocycles. The Morgan fingerprint density at radius 3 is 3.00 bits per heavy atom. The van der Waals surface area contributed by atoms with E-state index in [0.717, 1.165) is 35.4 Å². The number of benzene rings is 1. The second-order valence-corrected chi connectivity index (χ2v) is 5.17. The minimum atomic E-state index is 0.662. The van der Waals surface area contributed by atoms with Crippen LogP contribution in [0.2, 0.25) is 5.02 Å². The molecular weight excluding hydrogens is 316 g/mol. The van der Waals surface area contributed by atoms with Gasteiger partial charge in [-0.25, -0.2) is 4.68 Å². The van der Waals surface area contributed by atoms with E-state index < -0.39 is 0 Å². The number of hydrogen-bond acceptors (Lipinski definition) is 3. The van der Waals surface area contributed by atoms with Gasteiger partial charge in [0.2, 0.25) is 0 Å². The fourth-order valence-electron chi connectivity index (χ4n) is 1.60. The summed E-state index contributed by atoms with van der Waals surface area (Å²) < 4.78 is 2.67. The number of rotatable bonds is 5. The Hall–Kier alpha value is -0.910. The highest BCUT2D eigenvalue weighted by Crippen LogP contribution is 2.25. The van der Waals surface area contributed by atoms with Crippen molar-refractivity contribution >= 4 is 27.5 Å². The fourth-order valence-corrected chi connectivity index (χ4v) is 2.03. The smallest absolute Gasteiger partial charge is 0.0783 e. The molecule has 4 nitrogen and oxygen atoms in total. The minimum absolute atomic E-state index is 0.662. The zero-order chi connectivity index (χ0) is 13.0. The van der Waals surface area contributed by atoms with Gasteiger partial charge in [-0.05, 0) is 47.1 Å². The Morgan fingerprint density at radius 2 is 2.28 bits per heavy atom. The summed E-state index contributed by atoms with van der Waals surface area (Å²) >= 11 is 9.46. The molecule has 0 amide bonds. The molecule has 96 valence electrons. The molecule has 0 atom stereocenters. The van der Waals surface area contributed by atoms with Gasteiger partial charge < -0.3 is 5.32 Å². The molecule has 0 aliphatic rings. The Balaban J connectivity index is 2.22. The summed E-state index contributed by atoms with van der Waals surface area (Å²) in [6.07, 6.45) is 2.87. The van der Waals surface area contributed by atoms with Crippen LogP contribution in [0.15, 0.2) is 28.9 Å². The van der Waals surface area contributed by atoms with Crippen molar-refractivity contribution in [2.75, 3.05) is 6.54 Å². The van der Waals surface area contributed by atoms with Crippen LogP contribution in [0.25, 0.3) is 5.69 Å². The first kappa shape index (κ1) is 13.5. The van der Waals surface area contributed by atoms with Crippen molar-refractivity contribution in [1.82, 2.24) is 20.3 Å². The van der Waals surface area contributed by atoms with Crippen molar-refractivity contribution < 1.29 is 0 Å². The number of nitrogens with zero attached hydrogens (tertiary/aromatic N) is 3. The van der Waals surface area contributed by atoms with Crippen LogP contribution in [0.5, 0.6) is 0 Å². The summed E-state index contributed by atoms with van der Waals surface area (Å²) in [5, 5.41) is 12.0. The highest BCUT2D eigenvalue weighted by atomic mass is 79.9. The first-order chi connectivity index (χ1) is 8.72. The van der Waals surface area contributed by atoms with Crippen LogP contribution < -0.4 is 5.32 Å². The van der Waals surface area contributed by atoms with Gasteiger partial charge >= 0.3 is 0 Å². The number of halogens is 2. The van der Waals surface area contributed by atoms with E-state index in [9.17, 15) is 0 Å². The van der Waals surface area contributed by atoms with Crippen molar-refractivity contribution in [3.8, 4) is 5.69 Å². The summed E-state index contributed by atoms with van der Waals surface area (Å²) in [5.74, 6) is 0. The van der Waals surface area contributed by atoms with Crippen molar-refractivity contribution in [3.63, 3.8) is 0 Å². The van der Waals surface area contributed by atoms with Crippen molar-refractivity contribution in [2.45, 2.75) is 19.9 Å². The van der Waals surface area contributed by atoms with Gasteiger partial charge in [0.05, 0.1) is 22.6 Å². The molecule has 1 aromatic heterocycles. The average Bonchev–Trinajstić information content (AvgIpc) is 2.81. The number of nitrogens with one attached hydrogen (secondary N) is 1. The van der Waals surface area contributed by atoms with Crippen LogP contribution in [0.3, 0.4) is 0 Å². The summed E-state index contributed by atoms with van der Waals surface area (Å²) in [7, 11) is 0. The zero-order valence-electron chi connectivity index (χ0n) is 10.0. The van der Waals surface area contributed by atoms with E-state index in [1.165, 1.54) is 0 Å². The predicted molar refractivity (Wildman–Crippen MR) is 76.1 cm³/mol. The van der Waals surface area contributed by atoms with E-state index in [2.05, 4.69) is 38.5 Å². The molecule has 1 N–H and O–H groups in total. The maximum atomic E-state index is 6.09. The van der Waals surface area contributed by atoms with Gasteiger partial charge in [0.25, 0.3) is 0 Å². The molecular formula is C12H14BrClN4. The number of aromatic nitrogens is 3. The monoisotopic (exact) mass is 328 g/mol. The molecule has 1 heterocycles. The van der Waals surface area contributed by atoms with Gasteiger partial charge in [-0.2, -0.15) is 0 Å². The molecule has 0 bridgehead atoms. The molecule has 0 fully saturated rings. The molecule has 18 heavy (non-hydrogen) atoms. The molecule has 0 aliphatic heterocycles. The Morgan fingerprint density at radius 1 is 1.44 bits per heavy atom. The van der Waals surface area contributed by atoms with Gasteiger partial charge in [0, 0.05) is 11.0 Å². The van der Waals surface area contributed by atoms with Crippen LogP contribution in [-0.4, -0.2) is 21.5 Å². The maximum Gasteiger partial charge on any atom is 0.0783 e. The highest BCUT2D eigenvalue weighted by Gasteiger charge is 2.07. The second kappa shape index (κ2) is 6.31. The molecule has 0 spiro atoms. The third-order valence-corrected chi connectivity index (χ3v) is 3.73. The average molecular weight is 330 g/mol. The van der Waals surface area contributed by atoms with E-state index >= 15 is 0 Å². The first-order valence-electron chi connectivity index (χ1n) is 5.78. The van der Waals surface area contributed by atoms with Crippen LogP contribution in [0.4, 0.5) is 0 Å². The summed E-state index contributed by atoms with van der Waals surface area (Å²) in [6.45, 7) is 3.86. The molecule has 2 aromatic rings.